The van der Waals surface area contributed by atoms with Crippen LogP contribution in [0.4, 0.5) is 5.69 Å². The number of hydrogen-bond acceptors (Lipinski definition) is 4. The second-order valence-corrected chi connectivity index (χ2v) is 7.66. The Kier molecular flexibility index (Phi) is 6.09. The molecule has 1 heterocycles. The van der Waals surface area contributed by atoms with Crippen molar-refractivity contribution in [3.05, 3.63) is 60.7 Å². The Morgan fingerprint density at radius 2 is 2.11 bits per heavy atom. The van der Waals surface area contributed by atoms with Gasteiger partial charge in [-0.3, -0.25) is 0 Å². The molecule has 2 aromatic rings. The molecule has 1 atom stereocenters. The van der Waals surface area contributed by atoms with E-state index in [4.69, 9.17) is 26.4 Å². The second-order valence-electron chi connectivity index (χ2n) is 7.25. The fraction of sp³-hybridized carbons (Fsp3) is 0.318. The molecule has 0 aromatic heterocycles. The number of rotatable bonds is 6. The van der Waals surface area contributed by atoms with E-state index in [1.165, 1.54) is 0 Å². The molecule has 1 aliphatic heterocycles. The highest BCUT2D eigenvalue weighted by molar-refractivity contribution is 7.80. The van der Waals surface area contributed by atoms with Crippen molar-refractivity contribution in [1.82, 2.24) is 5.32 Å². The number of thiocarbonyl (C=S) groups is 1. The molecular formula is C22H26N2O3S. The Bertz CT molecular complexity index is 867. The van der Waals surface area contributed by atoms with E-state index in [2.05, 4.69) is 31.1 Å². The van der Waals surface area contributed by atoms with Crippen LogP contribution in [0.3, 0.4) is 0 Å². The average molecular weight is 399 g/mol. The van der Waals surface area contributed by atoms with E-state index in [1.807, 2.05) is 42.5 Å². The van der Waals surface area contributed by atoms with Gasteiger partial charge in [0.15, 0.2) is 5.11 Å². The normalized spacial score (nSPS) is 16.9. The number of benzene rings is 2. The minimum Gasteiger partial charge on any atom is -0.497 e. The lowest BCUT2D eigenvalue weighted by Gasteiger charge is -2.38. The fourth-order valence-electron chi connectivity index (χ4n) is 3.23. The minimum absolute atomic E-state index is 0.00838. The number of ether oxygens (including phenoxy) is 3. The largest absolute Gasteiger partial charge is 0.497 e. The lowest BCUT2D eigenvalue weighted by molar-refractivity contribution is 0.0695. The van der Waals surface area contributed by atoms with Gasteiger partial charge in [-0.15, -0.1) is 0 Å². The van der Waals surface area contributed by atoms with Crippen LogP contribution in [0.15, 0.2) is 55.1 Å². The van der Waals surface area contributed by atoms with Crippen molar-refractivity contribution in [2.75, 3.05) is 19.0 Å². The summed E-state index contributed by atoms with van der Waals surface area (Å²) >= 11 is 5.56. The quantitative estimate of drug-likeness (QED) is 0.536. The third kappa shape index (κ3) is 4.95. The van der Waals surface area contributed by atoms with E-state index in [0.29, 0.717) is 11.7 Å². The summed E-state index contributed by atoms with van der Waals surface area (Å²) in [6.45, 7) is 8.27. The van der Waals surface area contributed by atoms with Crippen molar-refractivity contribution in [2.45, 2.75) is 31.9 Å². The number of methoxy groups -OCH3 is 1. The molecule has 6 heteroatoms. The van der Waals surface area contributed by atoms with Gasteiger partial charge in [0.1, 0.15) is 29.5 Å². The molecule has 1 aliphatic rings. The first-order chi connectivity index (χ1) is 13.4. The Labute approximate surface area is 171 Å². The summed E-state index contributed by atoms with van der Waals surface area (Å²) in [7, 11) is 1.66. The SMILES string of the molecule is C=CCOc1cccc(NC(=S)N[C@H]2CC(C)(C)Oc3ccc(OC)cc32)c1. The lowest BCUT2D eigenvalue weighted by Crippen LogP contribution is -2.42. The molecule has 0 fully saturated rings. The van der Waals surface area contributed by atoms with Crippen LogP contribution in [0.1, 0.15) is 31.9 Å². The van der Waals surface area contributed by atoms with Crippen molar-refractivity contribution in [3.8, 4) is 17.2 Å². The first-order valence-electron chi connectivity index (χ1n) is 9.18. The van der Waals surface area contributed by atoms with Crippen molar-refractivity contribution in [2.24, 2.45) is 0 Å². The zero-order chi connectivity index (χ0) is 20.1. The number of hydrogen-bond donors (Lipinski definition) is 2. The summed E-state index contributed by atoms with van der Waals surface area (Å²) in [5, 5.41) is 7.20. The standard InChI is InChI=1S/C22H26N2O3S/c1-5-11-26-17-8-6-7-15(12-17)23-21(28)24-19-14-22(2,3)27-20-10-9-16(25-4)13-18(19)20/h5-10,12-13,19H,1,11,14H2,2-4H3,(H2,23,24,28)/t19-/m0/s1. The molecule has 0 unspecified atom stereocenters. The maximum atomic E-state index is 6.12. The van der Waals surface area contributed by atoms with Gasteiger partial charge in [0.2, 0.25) is 0 Å². The molecule has 5 nitrogen and oxygen atoms in total. The summed E-state index contributed by atoms with van der Waals surface area (Å²) in [6.07, 6.45) is 2.49. The van der Waals surface area contributed by atoms with Crippen LogP contribution < -0.4 is 24.8 Å². The summed E-state index contributed by atoms with van der Waals surface area (Å²) in [4.78, 5) is 0. The van der Waals surface area contributed by atoms with Crippen molar-refractivity contribution in [1.29, 1.82) is 0 Å². The van der Waals surface area contributed by atoms with E-state index in [9.17, 15) is 0 Å². The second kappa shape index (κ2) is 8.52. The summed E-state index contributed by atoms with van der Waals surface area (Å²) in [5.41, 5.74) is 1.59. The summed E-state index contributed by atoms with van der Waals surface area (Å²) in [6, 6.07) is 13.5. The Balaban J connectivity index is 1.74. The van der Waals surface area contributed by atoms with Crippen LogP contribution >= 0.6 is 12.2 Å². The van der Waals surface area contributed by atoms with Gasteiger partial charge < -0.3 is 24.8 Å². The fourth-order valence-corrected chi connectivity index (χ4v) is 3.49. The van der Waals surface area contributed by atoms with Gasteiger partial charge in [-0.1, -0.05) is 18.7 Å². The van der Waals surface area contributed by atoms with Crippen LogP contribution in [0.2, 0.25) is 0 Å². The lowest BCUT2D eigenvalue weighted by atomic mass is 9.89. The molecular weight excluding hydrogens is 372 g/mol. The van der Waals surface area contributed by atoms with Gasteiger partial charge in [-0.2, -0.15) is 0 Å². The number of anilines is 1. The van der Waals surface area contributed by atoms with Crippen LogP contribution in [-0.2, 0) is 0 Å². The number of fused-ring (bicyclic) bond motifs is 1. The summed E-state index contributed by atoms with van der Waals surface area (Å²) in [5.74, 6) is 2.40. The van der Waals surface area contributed by atoms with Crippen LogP contribution in [-0.4, -0.2) is 24.4 Å². The Morgan fingerprint density at radius 1 is 1.29 bits per heavy atom. The van der Waals surface area contributed by atoms with E-state index >= 15 is 0 Å². The molecule has 148 valence electrons. The first kappa shape index (κ1) is 20.0. The van der Waals surface area contributed by atoms with E-state index in [0.717, 1.165) is 34.9 Å². The predicted molar refractivity (Wildman–Crippen MR) is 117 cm³/mol. The molecule has 2 N–H and O–H groups in total. The highest BCUT2D eigenvalue weighted by Gasteiger charge is 2.34. The molecule has 3 rings (SSSR count). The van der Waals surface area contributed by atoms with Crippen LogP contribution in [0.25, 0.3) is 0 Å². The summed E-state index contributed by atoms with van der Waals surface area (Å²) < 4.78 is 17.1. The smallest absolute Gasteiger partial charge is 0.171 e. The van der Waals surface area contributed by atoms with E-state index in [-0.39, 0.29) is 11.6 Å². The highest BCUT2D eigenvalue weighted by atomic mass is 32.1. The molecule has 0 aliphatic carbocycles. The third-order valence-corrected chi connectivity index (χ3v) is 4.66. The van der Waals surface area contributed by atoms with Crippen molar-refractivity contribution in [3.63, 3.8) is 0 Å². The van der Waals surface area contributed by atoms with E-state index in [1.54, 1.807) is 13.2 Å². The van der Waals surface area contributed by atoms with Gasteiger partial charge in [0.05, 0.1) is 13.2 Å². The van der Waals surface area contributed by atoms with Gasteiger partial charge in [-0.25, -0.2) is 0 Å². The molecule has 0 radical (unpaired) electrons. The molecule has 0 saturated heterocycles. The van der Waals surface area contributed by atoms with Gasteiger partial charge in [0, 0.05) is 23.7 Å². The minimum atomic E-state index is -0.298. The Hall–Kier alpha value is -2.73. The number of nitrogens with one attached hydrogen (secondary N) is 2. The topological polar surface area (TPSA) is 51.8 Å². The van der Waals surface area contributed by atoms with Crippen molar-refractivity contribution < 1.29 is 14.2 Å². The molecule has 28 heavy (non-hydrogen) atoms. The molecule has 0 amide bonds. The molecule has 0 bridgehead atoms. The predicted octanol–water partition coefficient (Wildman–Crippen LogP) is 4.85. The maximum Gasteiger partial charge on any atom is 0.171 e. The monoisotopic (exact) mass is 398 g/mol. The first-order valence-corrected chi connectivity index (χ1v) is 9.59. The zero-order valence-corrected chi connectivity index (χ0v) is 17.3. The van der Waals surface area contributed by atoms with Crippen LogP contribution in [0.5, 0.6) is 17.2 Å². The van der Waals surface area contributed by atoms with Gasteiger partial charge in [-0.05, 0) is 56.4 Å². The Morgan fingerprint density at radius 3 is 2.86 bits per heavy atom. The maximum absolute atomic E-state index is 6.12. The van der Waals surface area contributed by atoms with E-state index < -0.39 is 0 Å². The molecule has 0 saturated carbocycles. The highest BCUT2D eigenvalue weighted by Crippen LogP contribution is 2.41. The van der Waals surface area contributed by atoms with Crippen LogP contribution in [0, 0.1) is 0 Å². The molecule has 2 aromatic carbocycles. The van der Waals surface area contributed by atoms with Gasteiger partial charge >= 0.3 is 0 Å². The van der Waals surface area contributed by atoms with Gasteiger partial charge in [0.25, 0.3) is 0 Å². The molecule has 0 spiro atoms. The third-order valence-electron chi connectivity index (χ3n) is 4.44. The zero-order valence-electron chi connectivity index (χ0n) is 16.5. The average Bonchev–Trinajstić information content (AvgIpc) is 2.65. The van der Waals surface area contributed by atoms with Crippen molar-refractivity contribution >= 4 is 23.0 Å².